The molecule has 3 aromatic rings. The average Bonchev–Trinajstić information content (AvgIpc) is 3.38. The third-order valence-electron chi connectivity index (χ3n) is 5.09. The Kier molecular flexibility index (Phi) is 6.37. The summed E-state index contributed by atoms with van der Waals surface area (Å²) in [6.07, 6.45) is 1.55. The van der Waals surface area contributed by atoms with Crippen LogP contribution in [0, 0.1) is 13.8 Å². The van der Waals surface area contributed by atoms with Gasteiger partial charge in [-0.1, -0.05) is 18.2 Å². The molecule has 0 spiro atoms. The van der Waals surface area contributed by atoms with E-state index in [0.29, 0.717) is 28.7 Å². The first-order valence-electron chi connectivity index (χ1n) is 10.5. The Hall–Kier alpha value is -3.78. The third-order valence-corrected chi connectivity index (χ3v) is 5.93. The maximum absolute atomic E-state index is 12.4. The zero-order valence-corrected chi connectivity index (χ0v) is 19.6. The molecule has 0 unspecified atom stereocenters. The van der Waals surface area contributed by atoms with Crippen LogP contribution in [0.25, 0.3) is 6.08 Å². The summed E-state index contributed by atoms with van der Waals surface area (Å²) < 4.78 is 11.0. The van der Waals surface area contributed by atoms with E-state index in [0.717, 1.165) is 16.8 Å². The van der Waals surface area contributed by atoms with Crippen molar-refractivity contribution in [2.24, 2.45) is 4.99 Å². The van der Waals surface area contributed by atoms with Crippen molar-refractivity contribution in [2.45, 2.75) is 27.7 Å². The van der Waals surface area contributed by atoms with Crippen molar-refractivity contribution in [3.05, 3.63) is 75.9 Å². The zero-order valence-electron chi connectivity index (χ0n) is 18.8. The van der Waals surface area contributed by atoms with Gasteiger partial charge in [0.25, 0.3) is 0 Å². The second-order valence-corrected chi connectivity index (χ2v) is 8.28. The minimum Gasteiger partial charge on any atom is -0.493 e. The van der Waals surface area contributed by atoms with Crippen molar-refractivity contribution in [2.75, 3.05) is 11.5 Å². The van der Waals surface area contributed by atoms with E-state index in [1.54, 1.807) is 28.5 Å². The van der Waals surface area contributed by atoms with Crippen molar-refractivity contribution < 1.29 is 19.1 Å². The van der Waals surface area contributed by atoms with Crippen LogP contribution in [-0.2, 0) is 14.3 Å². The first-order valence-corrected chi connectivity index (χ1v) is 11.3. The molecule has 0 radical (unpaired) electrons. The highest BCUT2D eigenvalue weighted by molar-refractivity contribution is 7.14. The standard InChI is InChI=1S/C25H23N3O4S/c1-5-31-22-9-7-6-8-20(22)23-27-21(24(30)32-23)13-18-14-33-25(26-18)28(17(4)29)19-11-10-15(2)16(3)12-19/h6-14H,5H2,1-4H3/b21-13-. The molecule has 7 nitrogen and oxygen atoms in total. The summed E-state index contributed by atoms with van der Waals surface area (Å²) in [7, 11) is 0. The lowest BCUT2D eigenvalue weighted by Crippen LogP contribution is -2.22. The van der Waals surface area contributed by atoms with Gasteiger partial charge in [-0.15, -0.1) is 11.3 Å². The van der Waals surface area contributed by atoms with Crippen molar-refractivity contribution in [3.63, 3.8) is 0 Å². The number of benzene rings is 2. The van der Waals surface area contributed by atoms with Gasteiger partial charge in [0.05, 0.1) is 23.6 Å². The Balaban J connectivity index is 1.64. The Labute approximate surface area is 196 Å². The molecular weight excluding hydrogens is 438 g/mol. The number of ether oxygens (including phenoxy) is 2. The second-order valence-electron chi connectivity index (χ2n) is 7.44. The van der Waals surface area contributed by atoms with Crippen LogP contribution >= 0.6 is 11.3 Å². The molecule has 2 aromatic carbocycles. The Morgan fingerprint density at radius 2 is 1.97 bits per heavy atom. The van der Waals surface area contributed by atoms with Gasteiger partial charge in [-0.05, 0) is 62.2 Å². The summed E-state index contributed by atoms with van der Waals surface area (Å²) in [5.41, 5.74) is 4.22. The maximum Gasteiger partial charge on any atom is 0.363 e. The average molecular weight is 462 g/mol. The van der Waals surface area contributed by atoms with E-state index in [-0.39, 0.29) is 17.5 Å². The summed E-state index contributed by atoms with van der Waals surface area (Å²) in [6.45, 7) is 7.88. The number of hydrogen-bond donors (Lipinski definition) is 0. The molecule has 0 saturated carbocycles. The first kappa shape index (κ1) is 22.4. The number of aromatic nitrogens is 1. The summed E-state index contributed by atoms with van der Waals surface area (Å²) in [5, 5.41) is 2.28. The number of esters is 1. The SMILES string of the molecule is CCOc1ccccc1C1=N/C(=C\c2csc(N(C(C)=O)c3ccc(C)c(C)c3)n2)C(=O)O1. The molecule has 1 aromatic heterocycles. The quantitative estimate of drug-likeness (QED) is 0.373. The van der Waals surface area contributed by atoms with Gasteiger partial charge in [-0.3, -0.25) is 9.69 Å². The second kappa shape index (κ2) is 9.38. The van der Waals surface area contributed by atoms with Crippen LogP contribution in [-0.4, -0.2) is 29.4 Å². The monoisotopic (exact) mass is 461 g/mol. The van der Waals surface area contributed by atoms with E-state index in [4.69, 9.17) is 9.47 Å². The van der Waals surface area contributed by atoms with Crippen LogP contribution in [0.2, 0.25) is 0 Å². The molecule has 1 aliphatic rings. The number of aliphatic imine (C=N–C) groups is 1. The van der Waals surface area contributed by atoms with E-state index in [1.807, 2.05) is 51.1 Å². The fraction of sp³-hybridized carbons (Fsp3) is 0.200. The van der Waals surface area contributed by atoms with Crippen LogP contribution in [0.4, 0.5) is 10.8 Å². The molecular formula is C25H23N3O4S. The van der Waals surface area contributed by atoms with Gasteiger partial charge in [-0.2, -0.15) is 0 Å². The highest BCUT2D eigenvalue weighted by atomic mass is 32.1. The predicted octanol–water partition coefficient (Wildman–Crippen LogP) is 5.19. The minimum atomic E-state index is -0.566. The molecule has 2 heterocycles. The summed E-state index contributed by atoms with van der Waals surface area (Å²) in [6, 6.07) is 13.1. The molecule has 0 aliphatic carbocycles. The van der Waals surface area contributed by atoms with Crippen LogP contribution in [0.1, 0.15) is 36.2 Å². The van der Waals surface area contributed by atoms with Crippen molar-refractivity contribution >= 4 is 46.0 Å². The molecule has 0 N–H and O–H groups in total. The topological polar surface area (TPSA) is 81.1 Å². The molecule has 4 rings (SSSR count). The van der Waals surface area contributed by atoms with Gasteiger partial charge >= 0.3 is 5.97 Å². The van der Waals surface area contributed by atoms with Gasteiger partial charge < -0.3 is 9.47 Å². The lowest BCUT2D eigenvalue weighted by Gasteiger charge is -2.19. The summed E-state index contributed by atoms with van der Waals surface area (Å²) >= 11 is 1.31. The molecule has 33 heavy (non-hydrogen) atoms. The molecule has 0 bridgehead atoms. The number of aryl methyl sites for hydroxylation is 2. The van der Waals surface area contributed by atoms with E-state index < -0.39 is 5.97 Å². The molecule has 0 atom stereocenters. The Morgan fingerprint density at radius 3 is 2.70 bits per heavy atom. The smallest absolute Gasteiger partial charge is 0.363 e. The zero-order chi connectivity index (χ0) is 23.5. The fourth-order valence-electron chi connectivity index (χ4n) is 3.33. The number of hydrogen-bond acceptors (Lipinski definition) is 7. The van der Waals surface area contributed by atoms with E-state index >= 15 is 0 Å². The highest BCUT2D eigenvalue weighted by Gasteiger charge is 2.27. The number of para-hydroxylation sites is 1. The molecule has 168 valence electrons. The normalized spacial score (nSPS) is 14.2. The van der Waals surface area contributed by atoms with Crippen LogP contribution < -0.4 is 9.64 Å². The van der Waals surface area contributed by atoms with Crippen molar-refractivity contribution in [3.8, 4) is 5.75 Å². The lowest BCUT2D eigenvalue weighted by atomic mass is 10.1. The number of rotatable bonds is 6. The largest absolute Gasteiger partial charge is 0.493 e. The molecule has 1 aliphatic heterocycles. The lowest BCUT2D eigenvalue weighted by molar-refractivity contribution is -0.130. The van der Waals surface area contributed by atoms with E-state index in [9.17, 15) is 9.59 Å². The van der Waals surface area contributed by atoms with Crippen molar-refractivity contribution in [1.82, 2.24) is 4.98 Å². The predicted molar refractivity (Wildman–Crippen MR) is 129 cm³/mol. The Morgan fingerprint density at radius 1 is 1.18 bits per heavy atom. The minimum absolute atomic E-state index is 0.133. The number of amides is 1. The summed E-state index contributed by atoms with van der Waals surface area (Å²) in [4.78, 5) is 35.3. The third kappa shape index (κ3) is 4.70. The summed E-state index contributed by atoms with van der Waals surface area (Å²) in [5.74, 6) is 0.0591. The maximum atomic E-state index is 12.4. The van der Waals surface area contributed by atoms with Gasteiger partial charge in [0.15, 0.2) is 10.8 Å². The fourth-order valence-corrected chi connectivity index (χ4v) is 4.17. The number of carbonyl (C=O) groups is 2. The number of cyclic esters (lactones) is 1. The molecule has 0 fully saturated rings. The molecule has 1 amide bonds. The van der Waals surface area contributed by atoms with Crippen molar-refractivity contribution in [1.29, 1.82) is 0 Å². The number of anilines is 2. The van der Waals surface area contributed by atoms with Gasteiger partial charge in [0, 0.05) is 12.3 Å². The van der Waals surface area contributed by atoms with Crippen LogP contribution in [0.3, 0.4) is 0 Å². The van der Waals surface area contributed by atoms with Crippen LogP contribution in [0.5, 0.6) is 5.75 Å². The van der Waals surface area contributed by atoms with Gasteiger partial charge in [0.1, 0.15) is 5.75 Å². The van der Waals surface area contributed by atoms with Gasteiger partial charge in [0.2, 0.25) is 11.8 Å². The molecule has 0 saturated heterocycles. The molecule has 8 heteroatoms. The number of thiazole rings is 1. The first-order chi connectivity index (χ1) is 15.9. The van der Waals surface area contributed by atoms with Gasteiger partial charge in [-0.25, -0.2) is 14.8 Å². The van der Waals surface area contributed by atoms with Crippen LogP contribution in [0.15, 0.2) is 58.5 Å². The Bertz CT molecular complexity index is 1290. The number of nitrogens with zero attached hydrogens (tertiary/aromatic N) is 3. The van der Waals surface area contributed by atoms with E-state index in [1.165, 1.54) is 18.3 Å². The van der Waals surface area contributed by atoms with E-state index in [2.05, 4.69) is 9.98 Å². The number of carbonyl (C=O) groups excluding carboxylic acids is 2. The highest BCUT2D eigenvalue weighted by Crippen LogP contribution is 2.31.